The second-order valence-corrected chi connectivity index (χ2v) is 6.36. The highest BCUT2D eigenvalue weighted by Crippen LogP contribution is 2.23. The monoisotopic (exact) mass is 316 g/mol. The molecule has 7 nitrogen and oxygen atoms in total. The lowest BCUT2D eigenvalue weighted by Gasteiger charge is -2.25. The fraction of sp³-hybridized carbons (Fsp3) is 0.429. The van der Waals surface area contributed by atoms with E-state index in [1.165, 1.54) is 0 Å². The Morgan fingerprint density at radius 1 is 1.50 bits per heavy atom. The van der Waals surface area contributed by atoms with Gasteiger partial charge in [-0.05, 0) is 24.8 Å². The van der Waals surface area contributed by atoms with E-state index in [0.717, 1.165) is 30.1 Å². The van der Waals surface area contributed by atoms with Gasteiger partial charge in [-0.3, -0.25) is 0 Å². The quantitative estimate of drug-likeness (QED) is 0.793. The van der Waals surface area contributed by atoms with E-state index >= 15 is 0 Å². The smallest absolute Gasteiger partial charge is 0.243 e. The van der Waals surface area contributed by atoms with Crippen molar-refractivity contribution in [2.45, 2.75) is 38.4 Å². The first-order chi connectivity index (χ1) is 10.8. The highest BCUT2D eigenvalue weighted by Gasteiger charge is 2.23. The molecule has 0 spiro atoms. The molecule has 1 aliphatic heterocycles. The first-order valence-corrected chi connectivity index (χ1v) is 8.18. The summed E-state index contributed by atoms with van der Waals surface area (Å²) in [5.41, 5.74) is 0. The summed E-state index contributed by atoms with van der Waals surface area (Å²) < 4.78 is 7.35. The van der Waals surface area contributed by atoms with Crippen LogP contribution in [0.4, 0.5) is 0 Å². The number of hydrogen-bond donors (Lipinski definition) is 1. The molecule has 0 radical (unpaired) electrons. The molecule has 0 saturated heterocycles. The third-order valence-electron chi connectivity index (χ3n) is 3.84. The van der Waals surface area contributed by atoms with Gasteiger partial charge in [0.1, 0.15) is 12.2 Å². The Morgan fingerprint density at radius 2 is 2.45 bits per heavy atom. The molecule has 114 valence electrons. The van der Waals surface area contributed by atoms with Crippen molar-refractivity contribution in [2.24, 2.45) is 0 Å². The minimum absolute atomic E-state index is 0.0104. The summed E-state index contributed by atoms with van der Waals surface area (Å²) >= 11 is 1.61. The number of hydrogen-bond acceptors (Lipinski definition) is 7. The molecule has 0 amide bonds. The van der Waals surface area contributed by atoms with Crippen molar-refractivity contribution in [3.63, 3.8) is 0 Å². The molecule has 0 aromatic carbocycles. The van der Waals surface area contributed by atoms with Crippen LogP contribution in [0.2, 0.25) is 0 Å². The van der Waals surface area contributed by atoms with E-state index in [1.807, 2.05) is 29.1 Å². The maximum atomic E-state index is 5.39. The third kappa shape index (κ3) is 2.55. The summed E-state index contributed by atoms with van der Waals surface area (Å²) in [4.78, 5) is 9.75. The van der Waals surface area contributed by atoms with Gasteiger partial charge in [0, 0.05) is 12.5 Å². The number of aryl methyl sites for hydroxylation is 1. The lowest BCUT2D eigenvalue weighted by atomic mass is 10.1. The zero-order valence-electron chi connectivity index (χ0n) is 12.1. The fourth-order valence-corrected chi connectivity index (χ4v) is 3.36. The van der Waals surface area contributed by atoms with Crippen LogP contribution in [0.15, 0.2) is 28.4 Å². The molecular formula is C14H16N6OS. The Kier molecular flexibility index (Phi) is 3.47. The van der Waals surface area contributed by atoms with Crippen LogP contribution in [0, 0.1) is 0 Å². The highest BCUT2D eigenvalue weighted by atomic mass is 32.1. The fourth-order valence-electron chi connectivity index (χ4n) is 2.72. The maximum Gasteiger partial charge on any atom is 0.243 e. The Hall–Kier alpha value is -2.06. The van der Waals surface area contributed by atoms with E-state index < -0.39 is 0 Å². The van der Waals surface area contributed by atoms with Crippen molar-refractivity contribution in [2.75, 3.05) is 0 Å². The molecule has 2 unspecified atom stereocenters. The number of thiophene rings is 1. The van der Waals surface area contributed by atoms with Crippen LogP contribution in [-0.4, -0.2) is 30.9 Å². The van der Waals surface area contributed by atoms with Crippen LogP contribution >= 0.6 is 11.3 Å². The van der Waals surface area contributed by atoms with Crippen LogP contribution in [0.25, 0.3) is 10.7 Å². The molecule has 0 saturated carbocycles. The summed E-state index contributed by atoms with van der Waals surface area (Å²) in [5, 5.41) is 13.8. The maximum absolute atomic E-state index is 5.39. The van der Waals surface area contributed by atoms with E-state index in [4.69, 9.17) is 4.52 Å². The summed E-state index contributed by atoms with van der Waals surface area (Å²) in [7, 11) is 0. The van der Waals surface area contributed by atoms with Gasteiger partial charge in [-0.25, -0.2) is 9.67 Å². The van der Waals surface area contributed by atoms with Gasteiger partial charge in [-0.15, -0.1) is 11.3 Å². The van der Waals surface area contributed by atoms with Gasteiger partial charge < -0.3 is 9.84 Å². The Labute approximate surface area is 131 Å². The van der Waals surface area contributed by atoms with Gasteiger partial charge in [0.25, 0.3) is 0 Å². The van der Waals surface area contributed by atoms with Crippen LogP contribution in [-0.2, 0) is 13.0 Å². The second-order valence-electron chi connectivity index (χ2n) is 5.42. The average Bonchev–Trinajstić information content (AvgIpc) is 3.26. The molecule has 0 aliphatic carbocycles. The van der Waals surface area contributed by atoms with Gasteiger partial charge in [-0.2, -0.15) is 10.1 Å². The van der Waals surface area contributed by atoms with Crippen molar-refractivity contribution in [3.8, 4) is 10.7 Å². The molecule has 1 aliphatic rings. The summed E-state index contributed by atoms with van der Waals surface area (Å²) in [6, 6.07) is 4.32. The Morgan fingerprint density at radius 3 is 3.32 bits per heavy atom. The predicted octanol–water partition coefficient (Wildman–Crippen LogP) is 2.06. The molecular weight excluding hydrogens is 300 g/mol. The zero-order chi connectivity index (χ0) is 14.9. The normalized spacial score (nSPS) is 19.0. The molecule has 4 heterocycles. The van der Waals surface area contributed by atoms with Crippen molar-refractivity contribution in [1.82, 2.24) is 30.2 Å². The number of aromatic nitrogens is 5. The van der Waals surface area contributed by atoms with Crippen molar-refractivity contribution in [3.05, 3.63) is 35.6 Å². The van der Waals surface area contributed by atoms with Gasteiger partial charge in [0.05, 0.1) is 17.5 Å². The minimum atomic E-state index is 0.0104. The van der Waals surface area contributed by atoms with Gasteiger partial charge in [0.15, 0.2) is 0 Å². The summed E-state index contributed by atoms with van der Waals surface area (Å²) in [6.07, 6.45) is 3.59. The molecule has 2 atom stereocenters. The minimum Gasteiger partial charge on any atom is -0.337 e. The van der Waals surface area contributed by atoms with Crippen molar-refractivity contribution in [1.29, 1.82) is 0 Å². The van der Waals surface area contributed by atoms with E-state index in [0.29, 0.717) is 17.8 Å². The van der Waals surface area contributed by atoms with Gasteiger partial charge in [-0.1, -0.05) is 11.2 Å². The molecule has 1 N–H and O–H groups in total. The van der Waals surface area contributed by atoms with E-state index in [9.17, 15) is 0 Å². The van der Waals surface area contributed by atoms with Crippen LogP contribution < -0.4 is 5.32 Å². The zero-order valence-corrected chi connectivity index (χ0v) is 13.0. The average molecular weight is 316 g/mol. The SMILES string of the molecule is CC(NC1CCc2ncnn2C1)c1nc(-c2cccs2)no1. The summed E-state index contributed by atoms with van der Waals surface area (Å²) in [5.74, 6) is 2.33. The summed E-state index contributed by atoms with van der Waals surface area (Å²) in [6.45, 7) is 2.87. The van der Waals surface area contributed by atoms with Crippen molar-refractivity contribution >= 4 is 11.3 Å². The molecule has 3 aromatic rings. The molecule has 0 bridgehead atoms. The number of nitrogens with one attached hydrogen (secondary N) is 1. The molecule has 22 heavy (non-hydrogen) atoms. The number of rotatable bonds is 4. The standard InChI is InChI=1S/C14H16N6OS/c1-9(14-18-13(19-21-14)11-3-2-6-22-11)17-10-4-5-12-15-8-16-20(12)7-10/h2-3,6,8-10,17H,4-5,7H2,1H3. The molecule has 4 rings (SSSR count). The number of fused-ring (bicyclic) bond motifs is 1. The Bertz CT molecular complexity index is 749. The first kappa shape index (κ1) is 13.6. The van der Waals surface area contributed by atoms with Crippen LogP contribution in [0.5, 0.6) is 0 Å². The number of nitrogens with zero attached hydrogens (tertiary/aromatic N) is 5. The predicted molar refractivity (Wildman–Crippen MR) is 81.3 cm³/mol. The Balaban J connectivity index is 1.43. The van der Waals surface area contributed by atoms with E-state index in [-0.39, 0.29) is 6.04 Å². The lowest BCUT2D eigenvalue weighted by molar-refractivity contribution is 0.288. The largest absolute Gasteiger partial charge is 0.337 e. The third-order valence-corrected chi connectivity index (χ3v) is 4.71. The molecule has 8 heteroatoms. The van der Waals surface area contributed by atoms with Gasteiger partial charge in [0.2, 0.25) is 11.7 Å². The first-order valence-electron chi connectivity index (χ1n) is 7.30. The van der Waals surface area contributed by atoms with E-state index in [2.05, 4.69) is 25.5 Å². The topological polar surface area (TPSA) is 81.7 Å². The van der Waals surface area contributed by atoms with Crippen molar-refractivity contribution < 1.29 is 4.52 Å². The molecule has 0 fully saturated rings. The molecule has 3 aromatic heterocycles. The van der Waals surface area contributed by atoms with Crippen LogP contribution in [0.3, 0.4) is 0 Å². The highest BCUT2D eigenvalue weighted by molar-refractivity contribution is 7.13. The second kappa shape index (κ2) is 5.62. The van der Waals surface area contributed by atoms with Crippen LogP contribution in [0.1, 0.15) is 31.1 Å². The van der Waals surface area contributed by atoms with E-state index in [1.54, 1.807) is 17.7 Å². The lowest BCUT2D eigenvalue weighted by Crippen LogP contribution is -2.39. The van der Waals surface area contributed by atoms with Gasteiger partial charge >= 0.3 is 0 Å².